The fourth-order valence-corrected chi connectivity index (χ4v) is 3.37. The minimum absolute atomic E-state index is 0.136. The van der Waals surface area contributed by atoms with Gasteiger partial charge in [0.25, 0.3) is 6.43 Å². The van der Waals surface area contributed by atoms with Crippen molar-refractivity contribution in [3.05, 3.63) is 22.4 Å². The minimum Gasteiger partial charge on any atom is -0.304 e. The van der Waals surface area contributed by atoms with Crippen LogP contribution in [0.2, 0.25) is 0 Å². The van der Waals surface area contributed by atoms with Gasteiger partial charge in [-0.3, -0.25) is 0 Å². The minimum atomic E-state index is -2.26. The smallest absolute Gasteiger partial charge is 0.250 e. The maximum Gasteiger partial charge on any atom is 0.250 e. The second kappa shape index (κ2) is 5.73. The summed E-state index contributed by atoms with van der Waals surface area (Å²) in [6, 6.07) is 4.18. The Morgan fingerprint density at radius 2 is 2.12 bits per heavy atom. The largest absolute Gasteiger partial charge is 0.304 e. The van der Waals surface area contributed by atoms with E-state index < -0.39 is 6.43 Å². The molecule has 1 saturated carbocycles. The van der Waals surface area contributed by atoms with Gasteiger partial charge in [-0.05, 0) is 30.2 Å². The normalized spacial score (nSPS) is 19.4. The molecule has 1 N–H and O–H groups in total. The van der Waals surface area contributed by atoms with Gasteiger partial charge in [-0.15, -0.1) is 11.3 Å². The molecule has 2 rings (SSSR count). The van der Waals surface area contributed by atoms with Gasteiger partial charge in [0.05, 0.1) is 6.54 Å². The van der Waals surface area contributed by atoms with Gasteiger partial charge in [-0.1, -0.05) is 18.9 Å². The van der Waals surface area contributed by atoms with E-state index in [4.69, 9.17) is 0 Å². The predicted octanol–water partition coefficient (Wildman–Crippen LogP) is 3.83. The van der Waals surface area contributed by atoms with E-state index in [0.717, 1.165) is 0 Å². The molecule has 0 aromatic carbocycles. The van der Waals surface area contributed by atoms with Gasteiger partial charge >= 0.3 is 0 Å². The lowest BCUT2D eigenvalue weighted by Crippen LogP contribution is -2.30. The number of nitrogens with one attached hydrogen (secondary N) is 1. The Balaban J connectivity index is 2.00. The second-order valence-electron chi connectivity index (χ2n) is 4.34. The molecule has 1 unspecified atom stereocenters. The summed E-state index contributed by atoms with van der Waals surface area (Å²) in [4.78, 5) is 1.20. The maximum atomic E-state index is 12.3. The van der Waals surface area contributed by atoms with Crippen LogP contribution in [0.4, 0.5) is 8.78 Å². The lowest BCUT2D eigenvalue weighted by Gasteiger charge is -2.23. The highest BCUT2D eigenvalue weighted by atomic mass is 32.1. The van der Waals surface area contributed by atoms with Crippen LogP contribution in [0.25, 0.3) is 0 Å². The predicted molar refractivity (Wildman–Crippen MR) is 63.0 cm³/mol. The number of alkyl halides is 2. The van der Waals surface area contributed by atoms with Crippen LogP contribution in [0.15, 0.2) is 17.5 Å². The summed E-state index contributed by atoms with van der Waals surface area (Å²) >= 11 is 1.66. The second-order valence-corrected chi connectivity index (χ2v) is 5.32. The fraction of sp³-hybridized carbons (Fsp3) is 0.667. The third-order valence-electron chi connectivity index (χ3n) is 3.21. The molecular formula is C12H17F2NS. The highest BCUT2D eigenvalue weighted by molar-refractivity contribution is 7.10. The van der Waals surface area contributed by atoms with Gasteiger partial charge < -0.3 is 5.32 Å². The van der Waals surface area contributed by atoms with Crippen molar-refractivity contribution in [2.45, 2.75) is 38.2 Å². The first-order valence-electron chi connectivity index (χ1n) is 5.82. The van der Waals surface area contributed by atoms with Gasteiger partial charge in [-0.2, -0.15) is 0 Å². The summed E-state index contributed by atoms with van der Waals surface area (Å²) < 4.78 is 24.5. The molecule has 0 aliphatic heterocycles. The molecule has 1 fully saturated rings. The van der Waals surface area contributed by atoms with Crippen molar-refractivity contribution in [3.63, 3.8) is 0 Å². The van der Waals surface area contributed by atoms with E-state index in [1.807, 2.05) is 17.5 Å². The number of thiophene rings is 1. The molecule has 4 heteroatoms. The van der Waals surface area contributed by atoms with Crippen molar-refractivity contribution in [1.29, 1.82) is 0 Å². The Labute approximate surface area is 98.9 Å². The first-order chi connectivity index (χ1) is 7.77. The molecule has 1 aliphatic rings. The van der Waals surface area contributed by atoms with Crippen LogP contribution in [0.5, 0.6) is 0 Å². The van der Waals surface area contributed by atoms with E-state index in [9.17, 15) is 8.78 Å². The number of hydrogen-bond acceptors (Lipinski definition) is 2. The number of rotatable bonds is 5. The molecule has 0 radical (unpaired) electrons. The number of hydrogen-bond donors (Lipinski definition) is 1. The van der Waals surface area contributed by atoms with Gasteiger partial charge in [0.1, 0.15) is 0 Å². The van der Waals surface area contributed by atoms with Crippen LogP contribution < -0.4 is 5.32 Å². The topological polar surface area (TPSA) is 12.0 Å². The molecule has 1 heterocycles. The lowest BCUT2D eigenvalue weighted by molar-refractivity contribution is 0.136. The molecule has 0 saturated heterocycles. The molecular weight excluding hydrogens is 228 g/mol. The first kappa shape index (κ1) is 12.0. The van der Waals surface area contributed by atoms with E-state index in [1.165, 1.54) is 30.6 Å². The summed E-state index contributed by atoms with van der Waals surface area (Å²) in [6.07, 6.45) is 2.55. The third kappa shape index (κ3) is 3.01. The molecule has 1 nitrogen and oxygen atoms in total. The van der Waals surface area contributed by atoms with Gasteiger partial charge in [0.15, 0.2) is 0 Å². The molecule has 0 amide bonds. The molecule has 1 aromatic rings. The van der Waals surface area contributed by atoms with Crippen molar-refractivity contribution < 1.29 is 8.78 Å². The Kier molecular flexibility index (Phi) is 4.29. The number of halogens is 2. The summed E-state index contributed by atoms with van der Waals surface area (Å²) in [5, 5.41) is 5.04. The Morgan fingerprint density at radius 3 is 2.69 bits per heavy atom. The Bertz CT molecular complexity index is 294. The van der Waals surface area contributed by atoms with E-state index in [-0.39, 0.29) is 12.6 Å². The summed E-state index contributed by atoms with van der Waals surface area (Å²) in [7, 11) is 0. The van der Waals surface area contributed by atoms with Crippen molar-refractivity contribution in [2.75, 3.05) is 6.54 Å². The van der Waals surface area contributed by atoms with E-state index in [1.54, 1.807) is 11.3 Å². The van der Waals surface area contributed by atoms with E-state index >= 15 is 0 Å². The zero-order valence-electron chi connectivity index (χ0n) is 9.16. The SMILES string of the molecule is FC(F)CNC(c1cccs1)C1CCCC1. The zero-order valence-corrected chi connectivity index (χ0v) is 9.98. The van der Waals surface area contributed by atoms with Crippen LogP contribution in [0, 0.1) is 5.92 Å². The van der Waals surface area contributed by atoms with Crippen LogP contribution in [-0.4, -0.2) is 13.0 Å². The Morgan fingerprint density at radius 1 is 1.38 bits per heavy atom. The molecule has 16 heavy (non-hydrogen) atoms. The fourth-order valence-electron chi connectivity index (χ4n) is 2.47. The highest BCUT2D eigenvalue weighted by Crippen LogP contribution is 2.37. The van der Waals surface area contributed by atoms with Crippen molar-refractivity contribution in [2.24, 2.45) is 5.92 Å². The average Bonchev–Trinajstić information content (AvgIpc) is 2.88. The highest BCUT2D eigenvalue weighted by Gasteiger charge is 2.27. The monoisotopic (exact) mass is 245 g/mol. The van der Waals surface area contributed by atoms with Crippen LogP contribution in [0.1, 0.15) is 36.6 Å². The first-order valence-corrected chi connectivity index (χ1v) is 6.70. The molecule has 1 atom stereocenters. The average molecular weight is 245 g/mol. The summed E-state index contributed by atoms with van der Waals surface area (Å²) in [6.45, 7) is -0.195. The molecule has 0 spiro atoms. The van der Waals surface area contributed by atoms with Gasteiger partial charge in [0.2, 0.25) is 0 Å². The summed E-state index contributed by atoms with van der Waals surface area (Å²) in [5.74, 6) is 0.539. The molecule has 90 valence electrons. The van der Waals surface area contributed by atoms with Crippen LogP contribution in [0.3, 0.4) is 0 Å². The van der Waals surface area contributed by atoms with E-state index in [0.29, 0.717) is 5.92 Å². The van der Waals surface area contributed by atoms with Crippen molar-refractivity contribution in [1.82, 2.24) is 5.32 Å². The summed E-state index contributed by atoms with van der Waals surface area (Å²) in [5.41, 5.74) is 0. The maximum absolute atomic E-state index is 12.3. The molecule has 1 aliphatic carbocycles. The van der Waals surface area contributed by atoms with Crippen molar-refractivity contribution >= 4 is 11.3 Å². The quantitative estimate of drug-likeness (QED) is 0.831. The van der Waals surface area contributed by atoms with Crippen LogP contribution in [-0.2, 0) is 0 Å². The van der Waals surface area contributed by atoms with Crippen molar-refractivity contribution in [3.8, 4) is 0 Å². The van der Waals surface area contributed by atoms with E-state index in [2.05, 4.69) is 5.32 Å². The lowest BCUT2D eigenvalue weighted by atomic mass is 9.97. The molecule has 0 bridgehead atoms. The molecule has 1 aromatic heterocycles. The zero-order chi connectivity index (χ0) is 11.4. The third-order valence-corrected chi connectivity index (χ3v) is 4.17. The van der Waals surface area contributed by atoms with Gasteiger partial charge in [0, 0.05) is 10.9 Å². The Hall–Kier alpha value is -0.480. The van der Waals surface area contributed by atoms with Gasteiger partial charge in [-0.25, -0.2) is 8.78 Å². The van der Waals surface area contributed by atoms with Crippen LogP contribution >= 0.6 is 11.3 Å². The standard InChI is InChI=1S/C12H17F2NS/c13-11(14)8-15-12(9-4-1-2-5-9)10-6-3-7-16-10/h3,6-7,9,11-12,15H,1-2,4-5,8H2.